The van der Waals surface area contributed by atoms with Crippen LogP contribution in [0.15, 0.2) is 47.5 Å². The number of nitrogens with zero attached hydrogens (tertiary/aromatic N) is 1. The lowest BCUT2D eigenvalue weighted by Gasteiger charge is -2.05. The quantitative estimate of drug-likeness (QED) is 0.826. The van der Waals surface area contributed by atoms with Gasteiger partial charge >= 0.3 is 0 Å². The minimum absolute atomic E-state index is 0.192. The molecule has 18 heavy (non-hydrogen) atoms. The van der Waals surface area contributed by atoms with Crippen molar-refractivity contribution in [2.45, 2.75) is 17.6 Å². The van der Waals surface area contributed by atoms with Gasteiger partial charge in [0.25, 0.3) is 0 Å². The summed E-state index contributed by atoms with van der Waals surface area (Å²) in [5.74, 6) is 1.50. The van der Waals surface area contributed by atoms with Crippen LogP contribution in [0, 0.1) is 5.82 Å². The molecule has 1 heterocycles. The molecule has 0 atom stereocenters. The lowest BCUT2D eigenvalue weighted by molar-refractivity contribution is 0.624. The summed E-state index contributed by atoms with van der Waals surface area (Å²) in [5.41, 5.74) is 1.18. The van der Waals surface area contributed by atoms with Gasteiger partial charge in [0.05, 0.1) is 0 Å². The first-order chi connectivity index (χ1) is 8.78. The number of aromatic nitrogens is 1. The smallest absolute Gasteiger partial charge is 0.126 e. The first kappa shape index (κ1) is 12.9. The summed E-state index contributed by atoms with van der Waals surface area (Å²) in [5, 5.41) is 3.17. The van der Waals surface area contributed by atoms with Crippen LogP contribution >= 0.6 is 11.8 Å². The summed E-state index contributed by atoms with van der Waals surface area (Å²) in [6, 6.07) is 10.7. The first-order valence-corrected chi connectivity index (χ1v) is 6.83. The maximum absolute atomic E-state index is 13.0. The van der Waals surface area contributed by atoms with Crippen LogP contribution in [0.4, 0.5) is 10.2 Å². The molecule has 4 heteroatoms. The molecular formula is C14H15FN2S. The summed E-state index contributed by atoms with van der Waals surface area (Å²) in [6.07, 6.45) is 1.79. The average molecular weight is 262 g/mol. The molecule has 0 saturated carbocycles. The number of anilines is 1. The topological polar surface area (TPSA) is 24.9 Å². The van der Waals surface area contributed by atoms with E-state index in [0.29, 0.717) is 0 Å². The van der Waals surface area contributed by atoms with Gasteiger partial charge in [0.2, 0.25) is 0 Å². The van der Waals surface area contributed by atoms with Gasteiger partial charge in [0.1, 0.15) is 11.6 Å². The molecule has 0 aliphatic heterocycles. The van der Waals surface area contributed by atoms with Crippen molar-refractivity contribution in [1.82, 2.24) is 4.98 Å². The Balaban J connectivity index is 1.99. The van der Waals surface area contributed by atoms with Crippen molar-refractivity contribution < 1.29 is 4.39 Å². The Morgan fingerprint density at radius 1 is 1.28 bits per heavy atom. The number of pyridine rings is 1. The van der Waals surface area contributed by atoms with E-state index in [-0.39, 0.29) is 5.82 Å². The van der Waals surface area contributed by atoms with E-state index in [4.69, 9.17) is 0 Å². The molecule has 0 unspecified atom stereocenters. The van der Waals surface area contributed by atoms with Gasteiger partial charge in [0.15, 0.2) is 0 Å². The van der Waals surface area contributed by atoms with E-state index < -0.39 is 0 Å². The Hall–Kier alpha value is -1.55. The highest BCUT2D eigenvalue weighted by Gasteiger charge is 1.99. The fourth-order valence-electron chi connectivity index (χ4n) is 1.57. The van der Waals surface area contributed by atoms with Crippen LogP contribution in [-0.2, 0) is 5.75 Å². The molecule has 0 fully saturated rings. The maximum atomic E-state index is 13.0. The monoisotopic (exact) mass is 262 g/mol. The average Bonchev–Trinajstić information content (AvgIpc) is 2.37. The highest BCUT2D eigenvalue weighted by atomic mass is 32.2. The van der Waals surface area contributed by atoms with Crippen LogP contribution in [0.5, 0.6) is 0 Å². The lowest BCUT2D eigenvalue weighted by atomic mass is 10.3. The van der Waals surface area contributed by atoms with Gasteiger partial charge in [-0.15, -0.1) is 11.8 Å². The van der Waals surface area contributed by atoms with Crippen LogP contribution < -0.4 is 5.32 Å². The van der Waals surface area contributed by atoms with Gasteiger partial charge in [-0.3, -0.25) is 0 Å². The minimum Gasteiger partial charge on any atom is -0.370 e. The van der Waals surface area contributed by atoms with Crippen LogP contribution in [0.25, 0.3) is 0 Å². The standard InChI is InChI=1S/C14H15FN2S/c1-2-16-14-8-11(6-7-17-14)10-18-13-5-3-4-12(15)9-13/h3-9H,2,10H2,1H3,(H,16,17). The number of nitrogens with one attached hydrogen (secondary N) is 1. The van der Waals surface area contributed by atoms with Gasteiger partial charge in [-0.1, -0.05) is 6.07 Å². The van der Waals surface area contributed by atoms with Crippen molar-refractivity contribution in [3.8, 4) is 0 Å². The summed E-state index contributed by atoms with van der Waals surface area (Å²) < 4.78 is 13.0. The van der Waals surface area contributed by atoms with E-state index in [1.807, 2.05) is 25.1 Å². The second-order valence-electron chi connectivity index (χ2n) is 3.83. The van der Waals surface area contributed by atoms with Crippen molar-refractivity contribution in [2.75, 3.05) is 11.9 Å². The molecule has 1 N–H and O–H groups in total. The van der Waals surface area contributed by atoms with E-state index in [0.717, 1.165) is 23.0 Å². The Labute approximate surface area is 111 Å². The molecule has 0 saturated heterocycles. The van der Waals surface area contributed by atoms with Crippen molar-refractivity contribution in [1.29, 1.82) is 0 Å². The number of halogens is 1. The van der Waals surface area contributed by atoms with Gasteiger partial charge in [-0.2, -0.15) is 0 Å². The van der Waals surface area contributed by atoms with Gasteiger partial charge in [-0.25, -0.2) is 9.37 Å². The second kappa shape index (κ2) is 6.40. The first-order valence-electron chi connectivity index (χ1n) is 5.85. The molecule has 0 aliphatic carbocycles. The predicted molar refractivity (Wildman–Crippen MR) is 74.4 cm³/mol. The normalized spacial score (nSPS) is 10.3. The zero-order valence-corrected chi connectivity index (χ0v) is 11.0. The zero-order valence-electron chi connectivity index (χ0n) is 10.2. The molecular weight excluding hydrogens is 247 g/mol. The molecule has 2 rings (SSSR count). The molecule has 1 aromatic carbocycles. The van der Waals surface area contributed by atoms with Crippen LogP contribution in [0.2, 0.25) is 0 Å². The molecule has 0 amide bonds. The van der Waals surface area contributed by atoms with Crippen LogP contribution in [0.3, 0.4) is 0 Å². The maximum Gasteiger partial charge on any atom is 0.126 e. The van der Waals surface area contributed by atoms with Gasteiger partial charge < -0.3 is 5.32 Å². The number of thioether (sulfide) groups is 1. The molecule has 0 aliphatic rings. The predicted octanol–water partition coefficient (Wildman–Crippen LogP) is 3.94. The zero-order chi connectivity index (χ0) is 12.8. The Morgan fingerprint density at radius 3 is 2.94 bits per heavy atom. The summed E-state index contributed by atoms with van der Waals surface area (Å²) in [7, 11) is 0. The number of rotatable bonds is 5. The number of benzene rings is 1. The second-order valence-corrected chi connectivity index (χ2v) is 4.87. The summed E-state index contributed by atoms with van der Waals surface area (Å²) >= 11 is 1.62. The molecule has 2 nitrogen and oxygen atoms in total. The van der Waals surface area contributed by atoms with Crippen molar-refractivity contribution in [2.24, 2.45) is 0 Å². The fourth-order valence-corrected chi connectivity index (χ4v) is 2.45. The van der Waals surface area contributed by atoms with Crippen LogP contribution in [-0.4, -0.2) is 11.5 Å². The van der Waals surface area contributed by atoms with Crippen molar-refractivity contribution in [3.05, 3.63) is 54.0 Å². The van der Waals surface area contributed by atoms with Gasteiger partial charge in [-0.05, 0) is 42.8 Å². The third-order valence-corrected chi connectivity index (χ3v) is 3.45. The van der Waals surface area contributed by atoms with Crippen molar-refractivity contribution >= 4 is 17.6 Å². The Morgan fingerprint density at radius 2 is 2.17 bits per heavy atom. The molecule has 0 bridgehead atoms. The highest BCUT2D eigenvalue weighted by molar-refractivity contribution is 7.98. The fraction of sp³-hybridized carbons (Fsp3) is 0.214. The largest absolute Gasteiger partial charge is 0.370 e. The molecule has 0 radical (unpaired) electrons. The molecule has 1 aromatic heterocycles. The Kier molecular flexibility index (Phi) is 4.59. The SMILES string of the molecule is CCNc1cc(CSc2cccc(F)c2)ccn1. The third kappa shape index (κ3) is 3.74. The third-order valence-electron chi connectivity index (χ3n) is 2.38. The van der Waals surface area contributed by atoms with Crippen LogP contribution in [0.1, 0.15) is 12.5 Å². The summed E-state index contributed by atoms with van der Waals surface area (Å²) in [6.45, 7) is 2.89. The molecule has 2 aromatic rings. The highest BCUT2D eigenvalue weighted by Crippen LogP contribution is 2.23. The van der Waals surface area contributed by atoms with E-state index in [2.05, 4.69) is 10.3 Å². The van der Waals surface area contributed by atoms with E-state index in [9.17, 15) is 4.39 Å². The number of hydrogen-bond donors (Lipinski definition) is 1. The number of hydrogen-bond acceptors (Lipinski definition) is 3. The van der Waals surface area contributed by atoms with Crippen molar-refractivity contribution in [3.63, 3.8) is 0 Å². The lowest BCUT2D eigenvalue weighted by Crippen LogP contribution is -1.99. The van der Waals surface area contributed by atoms with E-state index in [1.165, 1.54) is 11.6 Å². The molecule has 0 spiro atoms. The molecule has 94 valence electrons. The Bertz CT molecular complexity index is 517. The summed E-state index contributed by atoms with van der Waals surface area (Å²) in [4.78, 5) is 5.16. The minimum atomic E-state index is -0.192. The van der Waals surface area contributed by atoms with Gasteiger partial charge in [0, 0.05) is 23.4 Å². The van der Waals surface area contributed by atoms with E-state index >= 15 is 0 Å². The van der Waals surface area contributed by atoms with E-state index in [1.54, 1.807) is 30.1 Å².